The van der Waals surface area contributed by atoms with Crippen LogP contribution in [0.25, 0.3) is 0 Å². The van der Waals surface area contributed by atoms with Crippen molar-refractivity contribution in [3.05, 3.63) is 30.3 Å². The summed E-state index contributed by atoms with van der Waals surface area (Å²) in [6.45, 7) is 1.000. The van der Waals surface area contributed by atoms with Crippen LogP contribution in [0.2, 0.25) is 0 Å². The minimum Gasteiger partial charge on any atom is -0.492 e. The van der Waals surface area contributed by atoms with Gasteiger partial charge in [0.25, 0.3) is 0 Å². The third kappa shape index (κ3) is 4.37. The van der Waals surface area contributed by atoms with E-state index < -0.39 is 0 Å². The molecule has 1 aliphatic carbocycles. The van der Waals surface area contributed by atoms with Gasteiger partial charge in [-0.3, -0.25) is 4.79 Å². The predicted octanol–water partition coefficient (Wildman–Crippen LogP) is 1.31. The molecule has 1 fully saturated rings. The van der Waals surface area contributed by atoms with Crippen molar-refractivity contribution in [3.8, 4) is 5.75 Å². The quantitative estimate of drug-likeness (QED) is 0.715. The minimum absolute atomic E-state index is 0.0195. The normalized spacial score (nSPS) is 16.1. The van der Waals surface area contributed by atoms with Gasteiger partial charge in [-0.05, 0) is 30.9 Å². The van der Waals surface area contributed by atoms with Gasteiger partial charge in [-0.15, -0.1) is 0 Å². The molecule has 1 aliphatic rings. The minimum atomic E-state index is 0.0195. The number of hydrogen-bond donors (Lipinski definition) is 2. The number of hydrogen-bond acceptors (Lipinski definition) is 3. The molecule has 18 heavy (non-hydrogen) atoms. The Labute approximate surface area is 108 Å². The molecular formula is C14H20N2O2. The molecule has 0 aliphatic heterocycles. The van der Waals surface area contributed by atoms with Crippen LogP contribution in [-0.2, 0) is 4.79 Å². The average molecular weight is 248 g/mol. The molecule has 1 saturated carbocycles. The Kier molecular flexibility index (Phi) is 4.59. The van der Waals surface area contributed by atoms with Crippen molar-refractivity contribution in [1.82, 2.24) is 5.32 Å². The highest BCUT2D eigenvalue weighted by molar-refractivity contribution is 5.76. The van der Waals surface area contributed by atoms with Crippen LogP contribution in [0.3, 0.4) is 0 Å². The zero-order valence-corrected chi connectivity index (χ0v) is 10.5. The molecule has 0 saturated heterocycles. The zero-order valence-electron chi connectivity index (χ0n) is 10.5. The van der Waals surface area contributed by atoms with Crippen molar-refractivity contribution in [2.24, 2.45) is 11.7 Å². The van der Waals surface area contributed by atoms with Crippen LogP contribution in [0.4, 0.5) is 0 Å². The molecule has 0 bridgehead atoms. The first-order valence-electron chi connectivity index (χ1n) is 6.46. The lowest BCUT2D eigenvalue weighted by Gasteiger charge is -2.11. The topological polar surface area (TPSA) is 64.4 Å². The summed E-state index contributed by atoms with van der Waals surface area (Å²) >= 11 is 0. The first-order chi connectivity index (χ1) is 8.75. The molecule has 2 rings (SSSR count). The maximum Gasteiger partial charge on any atom is 0.221 e. The van der Waals surface area contributed by atoms with E-state index in [1.165, 1.54) is 12.8 Å². The molecule has 4 heteroatoms. The van der Waals surface area contributed by atoms with E-state index in [1.807, 2.05) is 30.3 Å². The van der Waals surface area contributed by atoms with Crippen molar-refractivity contribution < 1.29 is 9.53 Å². The summed E-state index contributed by atoms with van der Waals surface area (Å²) in [6.07, 6.45) is 2.77. The second-order valence-electron chi connectivity index (χ2n) is 4.72. The summed E-state index contributed by atoms with van der Waals surface area (Å²) in [7, 11) is 0. The van der Waals surface area contributed by atoms with Crippen LogP contribution in [0.1, 0.15) is 19.3 Å². The lowest BCUT2D eigenvalue weighted by Crippen LogP contribution is -2.34. The van der Waals surface area contributed by atoms with E-state index >= 15 is 0 Å². The van der Waals surface area contributed by atoms with Crippen molar-refractivity contribution in [2.75, 3.05) is 13.2 Å². The fourth-order valence-corrected chi connectivity index (χ4v) is 1.85. The van der Waals surface area contributed by atoms with Crippen LogP contribution < -0.4 is 15.8 Å². The van der Waals surface area contributed by atoms with Crippen LogP contribution in [0, 0.1) is 5.92 Å². The Hall–Kier alpha value is -1.55. The van der Waals surface area contributed by atoms with Gasteiger partial charge in [-0.1, -0.05) is 18.2 Å². The Morgan fingerprint density at radius 1 is 1.39 bits per heavy atom. The summed E-state index contributed by atoms with van der Waals surface area (Å²) in [5.74, 6) is 1.41. The Bertz CT molecular complexity index is 377. The number of ether oxygens (including phenoxy) is 1. The molecule has 0 radical (unpaired) electrons. The van der Waals surface area contributed by atoms with Gasteiger partial charge >= 0.3 is 0 Å². The third-order valence-corrected chi connectivity index (χ3v) is 3.08. The van der Waals surface area contributed by atoms with Gasteiger partial charge in [0, 0.05) is 12.5 Å². The Morgan fingerprint density at radius 2 is 2.11 bits per heavy atom. The molecule has 1 aromatic rings. The van der Waals surface area contributed by atoms with E-state index in [0.717, 1.165) is 5.75 Å². The van der Waals surface area contributed by atoms with Crippen LogP contribution >= 0.6 is 0 Å². The molecular weight excluding hydrogens is 228 g/mol. The van der Waals surface area contributed by atoms with Gasteiger partial charge in [-0.2, -0.15) is 0 Å². The lowest BCUT2D eigenvalue weighted by molar-refractivity contribution is -0.121. The van der Waals surface area contributed by atoms with E-state index in [1.54, 1.807) is 0 Å². The van der Waals surface area contributed by atoms with E-state index in [4.69, 9.17) is 10.5 Å². The van der Waals surface area contributed by atoms with Crippen molar-refractivity contribution in [3.63, 3.8) is 0 Å². The van der Waals surface area contributed by atoms with E-state index in [9.17, 15) is 4.79 Å². The van der Waals surface area contributed by atoms with E-state index in [2.05, 4.69) is 5.32 Å². The van der Waals surface area contributed by atoms with Gasteiger partial charge in [0.1, 0.15) is 12.4 Å². The average Bonchev–Trinajstić information content (AvgIpc) is 3.20. The molecule has 0 spiro atoms. The summed E-state index contributed by atoms with van der Waals surface area (Å²) < 4.78 is 5.48. The molecule has 3 N–H and O–H groups in total. The zero-order chi connectivity index (χ0) is 12.8. The van der Waals surface area contributed by atoms with Crippen LogP contribution in [0.5, 0.6) is 5.75 Å². The number of para-hydroxylation sites is 1. The van der Waals surface area contributed by atoms with Gasteiger partial charge in [0.05, 0.1) is 6.54 Å². The highest BCUT2D eigenvalue weighted by Gasteiger charge is 2.29. The highest BCUT2D eigenvalue weighted by atomic mass is 16.5. The number of carbonyl (C=O) groups is 1. The number of benzene rings is 1. The number of nitrogens with one attached hydrogen (secondary N) is 1. The van der Waals surface area contributed by atoms with Crippen LogP contribution in [0.15, 0.2) is 30.3 Å². The molecule has 1 atom stereocenters. The second-order valence-corrected chi connectivity index (χ2v) is 4.72. The first kappa shape index (κ1) is 12.9. The maximum atomic E-state index is 11.6. The Morgan fingerprint density at radius 3 is 2.78 bits per heavy atom. The van der Waals surface area contributed by atoms with Crippen molar-refractivity contribution in [2.45, 2.75) is 25.3 Å². The fraction of sp³-hybridized carbons (Fsp3) is 0.500. The number of carbonyl (C=O) groups excluding carboxylic acids is 1. The summed E-state index contributed by atoms with van der Waals surface area (Å²) in [5.41, 5.74) is 5.88. The molecule has 1 aromatic carbocycles. The third-order valence-electron chi connectivity index (χ3n) is 3.08. The summed E-state index contributed by atoms with van der Waals surface area (Å²) in [4.78, 5) is 11.6. The molecule has 98 valence electrons. The van der Waals surface area contributed by atoms with Gasteiger partial charge in [0.2, 0.25) is 5.91 Å². The first-order valence-corrected chi connectivity index (χ1v) is 6.46. The monoisotopic (exact) mass is 248 g/mol. The molecule has 4 nitrogen and oxygen atoms in total. The standard InChI is InChI=1S/C14H20N2O2/c15-13(11-6-7-11)10-14(17)16-8-9-18-12-4-2-1-3-5-12/h1-5,11,13H,6-10,15H2,(H,16,17). The highest BCUT2D eigenvalue weighted by Crippen LogP contribution is 2.32. The van der Waals surface area contributed by atoms with Crippen LogP contribution in [-0.4, -0.2) is 25.1 Å². The summed E-state index contributed by atoms with van der Waals surface area (Å²) in [5, 5.41) is 2.82. The predicted molar refractivity (Wildman–Crippen MR) is 70.3 cm³/mol. The fourth-order valence-electron chi connectivity index (χ4n) is 1.85. The van der Waals surface area contributed by atoms with E-state index in [0.29, 0.717) is 25.5 Å². The van der Waals surface area contributed by atoms with Gasteiger partial charge in [-0.25, -0.2) is 0 Å². The molecule has 0 heterocycles. The second kappa shape index (κ2) is 6.40. The lowest BCUT2D eigenvalue weighted by atomic mass is 10.1. The number of nitrogens with two attached hydrogens (primary N) is 1. The molecule has 1 unspecified atom stereocenters. The van der Waals surface area contributed by atoms with Crippen molar-refractivity contribution >= 4 is 5.91 Å². The number of rotatable bonds is 7. The SMILES string of the molecule is NC(CC(=O)NCCOc1ccccc1)C1CC1. The van der Waals surface area contributed by atoms with Crippen molar-refractivity contribution in [1.29, 1.82) is 0 Å². The maximum absolute atomic E-state index is 11.6. The largest absolute Gasteiger partial charge is 0.492 e. The van der Waals surface area contributed by atoms with E-state index in [-0.39, 0.29) is 11.9 Å². The smallest absolute Gasteiger partial charge is 0.221 e. The number of amides is 1. The molecule has 0 aromatic heterocycles. The summed E-state index contributed by atoms with van der Waals surface area (Å²) in [6, 6.07) is 9.59. The Balaban J connectivity index is 1.56. The molecule has 1 amide bonds. The van der Waals surface area contributed by atoms with Gasteiger partial charge in [0.15, 0.2) is 0 Å². The van der Waals surface area contributed by atoms with Gasteiger partial charge < -0.3 is 15.8 Å².